The molecule has 0 saturated carbocycles. The van der Waals surface area contributed by atoms with Crippen LogP contribution >= 0.6 is 0 Å². The zero-order valence-electron chi connectivity index (χ0n) is 12.9. The highest BCUT2D eigenvalue weighted by Crippen LogP contribution is 2.31. The monoisotopic (exact) mass is 287 g/mol. The maximum Gasteiger partial charge on any atom is 0.338 e. The summed E-state index contributed by atoms with van der Waals surface area (Å²) >= 11 is 0. The molecule has 0 aromatic heterocycles. The van der Waals surface area contributed by atoms with E-state index in [9.17, 15) is 4.79 Å². The number of fused-ring (bicyclic) bond motifs is 1. The van der Waals surface area contributed by atoms with Crippen molar-refractivity contribution < 1.29 is 9.53 Å². The Kier molecular flexibility index (Phi) is 4.59. The van der Waals surface area contributed by atoms with E-state index in [1.165, 1.54) is 45.2 Å². The van der Waals surface area contributed by atoms with E-state index in [1.54, 1.807) is 0 Å². The zero-order valence-corrected chi connectivity index (χ0v) is 12.9. The molecule has 2 fully saturated rings. The van der Waals surface area contributed by atoms with Gasteiger partial charge in [0.25, 0.3) is 0 Å². The van der Waals surface area contributed by atoms with Crippen molar-refractivity contribution in [3.05, 3.63) is 35.4 Å². The third-order valence-electron chi connectivity index (χ3n) is 5.02. The number of ether oxygens (including phenoxy) is 1. The Morgan fingerprint density at radius 1 is 1.19 bits per heavy atom. The maximum absolute atomic E-state index is 12.2. The summed E-state index contributed by atoms with van der Waals surface area (Å²) < 4.78 is 5.63. The van der Waals surface area contributed by atoms with Gasteiger partial charge in [0.1, 0.15) is 0 Å². The molecule has 0 unspecified atom stereocenters. The van der Waals surface area contributed by atoms with Crippen molar-refractivity contribution in [2.45, 2.75) is 45.1 Å². The third kappa shape index (κ3) is 3.29. The smallest absolute Gasteiger partial charge is 0.338 e. The Hall–Kier alpha value is -1.35. The molecule has 2 aliphatic heterocycles. The summed E-state index contributed by atoms with van der Waals surface area (Å²) in [6.07, 6.45) is 6.35. The van der Waals surface area contributed by atoms with Crippen LogP contribution in [-0.4, -0.2) is 36.6 Å². The predicted octanol–water partition coefficient (Wildman–Crippen LogP) is 3.42. The Bertz CT molecular complexity index is 498. The predicted molar refractivity (Wildman–Crippen MR) is 83.4 cm³/mol. The standard InChI is InChI=1S/C18H25NO2/c1-14-7-2-3-9-16(14)18(20)21-13-15-8-6-12-19-11-5-4-10-17(15)19/h2-3,7,9,15,17H,4-6,8,10-13H2,1H3/t15-,17+/m0/s1. The molecule has 1 aromatic rings. The number of benzene rings is 1. The molecule has 3 nitrogen and oxygen atoms in total. The fourth-order valence-corrected chi connectivity index (χ4v) is 3.83. The highest BCUT2D eigenvalue weighted by molar-refractivity contribution is 5.90. The fourth-order valence-electron chi connectivity index (χ4n) is 3.83. The van der Waals surface area contributed by atoms with Crippen molar-refractivity contribution in [2.24, 2.45) is 5.92 Å². The average molecular weight is 287 g/mol. The van der Waals surface area contributed by atoms with Gasteiger partial charge in [-0.05, 0) is 57.3 Å². The first-order chi connectivity index (χ1) is 10.3. The topological polar surface area (TPSA) is 29.5 Å². The van der Waals surface area contributed by atoms with Crippen LogP contribution in [-0.2, 0) is 4.74 Å². The van der Waals surface area contributed by atoms with Gasteiger partial charge in [-0.25, -0.2) is 4.79 Å². The molecular weight excluding hydrogens is 262 g/mol. The molecule has 3 heteroatoms. The first kappa shape index (κ1) is 14.6. The first-order valence-corrected chi connectivity index (χ1v) is 8.22. The van der Waals surface area contributed by atoms with Gasteiger partial charge in [0.15, 0.2) is 0 Å². The number of nitrogens with zero attached hydrogens (tertiary/aromatic N) is 1. The Balaban J connectivity index is 1.59. The highest BCUT2D eigenvalue weighted by atomic mass is 16.5. The van der Waals surface area contributed by atoms with Crippen LogP contribution in [0.1, 0.15) is 48.0 Å². The number of hydrogen-bond acceptors (Lipinski definition) is 3. The van der Waals surface area contributed by atoms with E-state index in [1.807, 2.05) is 31.2 Å². The van der Waals surface area contributed by atoms with Crippen LogP contribution in [0.3, 0.4) is 0 Å². The van der Waals surface area contributed by atoms with Gasteiger partial charge in [0, 0.05) is 12.0 Å². The molecule has 0 spiro atoms. The molecule has 2 heterocycles. The van der Waals surface area contributed by atoms with Crippen LogP contribution < -0.4 is 0 Å². The van der Waals surface area contributed by atoms with Gasteiger partial charge < -0.3 is 4.74 Å². The molecule has 2 saturated heterocycles. The summed E-state index contributed by atoms with van der Waals surface area (Å²) in [5, 5.41) is 0. The van der Waals surface area contributed by atoms with Gasteiger partial charge in [-0.3, -0.25) is 4.90 Å². The summed E-state index contributed by atoms with van der Waals surface area (Å²) in [4.78, 5) is 14.8. The normalized spacial score (nSPS) is 26.1. The van der Waals surface area contributed by atoms with Crippen LogP contribution in [0.25, 0.3) is 0 Å². The Morgan fingerprint density at radius 2 is 2.00 bits per heavy atom. The van der Waals surface area contributed by atoms with E-state index in [2.05, 4.69) is 4.90 Å². The minimum absolute atomic E-state index is 0.166. The second-order valence-corrected chi connectivity index (χ2v) is 6.41. The van der Waals surface area contributed by atoms with Crippen molar-refractivity contribution >= 4 is 5.97 Å². The van der Waals surface area contributed by atoms with Crippen LogP contribution in [0.5, 0.6) is 0 Å². The molecule has 3 rings (SSSR count). The number of esters is 1. The molecule has 2 atom stereocenters. The minimum atomic E-state index is -0.166. The van der Waals surface area contributed by atoms with Gasteiger partial charge in [0.05, 0.1) is 12.2 Å². The molecular formula is C18H25NO2. The largest absolute Gasteiger partial charge is 0.462 e. The zero-order chi connectivity index (χ0) is 14.7. The minimum Gasteiger partial charge on any atom is -0.462 e. The third-order valence-corrected chi connectivity index (χ3v) is 5.02. The van der Waals surface area contributed by atoms with Gasteiger partial charge in [-0.2, -0.15) is 0 Å². The number of hydrogen-bond donors (Lipinski definition) is 0. The van der Waals surface area contributed by atoms with E-state index >= 15 is 0 Å². The van der Waals surface area contributed by atoms with Crippen molar-refractivity contribution in [3.8, 4) is 0 Å². The summed E-state index contributed by atoms with van der Waals surface area (Å²) in [5.41, 5.74) is 1.69. The lowest BCUT2D eigenvalue weighted by Gasteiger charge is -2.44. The van der Waals surface area contributed by atoms with E-state index < -0.39 is 0 Å². The lowest BCUT2D eigenvalue weighted by Crippen LogP contribution is -2.49. The molecule has 1 aromatic carbocycles. The van der Waals surface area contributed by atoms with Crippen LogP contribution in [0.4, 0.5) is 0 Å². The van der Waals surface area contributed by atoms with Crippen LogP contribution in [0.15, 0.2) is 24.3 Å². The summed E-state index contributed by atoms with van der Waals surface area (Å²) in [6, 6.07) is 8.29. The highest BCUT2D eigenvalue weighted by Gasteiger charge is 2.33. The lowest BCUT2D eigenvalue weighted by molar-refractivity contribution is 0.00734. The van der Waals surface area contributed by atoms with E-state index in [4.69, 9.17) is 4.74 Å². The first-order valence-electron chi connectivity index (χ1n) is 8.22. The van der Waals surface area contributed by atoms with Crippen molar-refractivity contribution in [3.63, 3.8) is 0 Å². The van der Waals surface area contributed by atoms with Crippen molar-refractivity contribution in [2.75, 3.05) is 19.7 Å². The quantitative estimate of drug-likeness (QED) is 0.798. The maximum atomic E-state index is 12.2. The second-order valence-electron chi connectivity index (χ2n) is 6.41. The molecule has 2 aliphatic rings. The van der Waals surface area contributed by atoms with Gasteiger partial charge >= 0.3 is 5.97 Å². The summed E-state index contributed by atoms with van der Waals surface area (Å²) in [5.74, 6) is 0.355. The molecule has 0 radical (unpaired) electrons. The number of piperidine rings is 2. The number of carbonyl (C=O) groups is 1. The average Bonchev–Trinajstić information content (AvgIpc) is 2.53. The molecule has 0 aliphatic carbocycles. The van der Waals surface area contributed by atoms with Gasteiger partial charge in [-0.15, -0.1) is 0 Å². The van der Waals surface area contributed by atoms with Gasteiger partial charge in [-0.1, -0.05) is 24.6 Å². The fraction of sp³-hybridized carbons (Fsp3) is 0.611. The van der Waals surface area contributed by atoms with Crippen LogP contribution in [0.2, 0.25) is 0 Å². The molecule has 21 heavy (non-hydrogen) atoms. The van der Waals surface area contributed by atoms with Crippen molar-refractivity contribution in [1.29, 1.82) is 0 Å². The van der Waals surface area contributed by atoms with E-state index in [0.29, 0.717) is 24.1 Å². The van der Waals surface area contributed by atoms with Crippen LogP contribution in [0, 0.1) is 12.8 Å². The SMILES string of the molecule is Cc1ccccc1C(=O)OC[C@@H]1CCCN2CCCC[C@H]12. The lowest BCUT2D eigenvalue weighted by atomic mass is 9.84. The van der Waals surface area contributed by atoms with E-state index in [0.717, 1.165) is 5.56 Å². The van der Waals surface area contributed by atoms with Gasteiger partial charge in [0.2, 0.25) is 0 Å². The molecule has 0 bridgehead atoms. The summed E-state index contributed by atoms with van der Waals surface area (Å²) in [6.45, 7) is 4.99. The number of aryl methyl sites for hydroxylation is 1. The second kappa shape index (κ2) is 6.61. The number of carbonyl (C=O) groups excluding carboxylic acids is 1. The Morgan fingerprint density at radius 3 is 2.86 bits per heavy atom. The summed E-state index contributed by atoms with van der Waals surface area (Å²) in [7, 11) is 0. The number of rotatable bonds is 3. The molecule has 0 N–H and O–H groups in total. The van der Waals surface area contributed by atoms with E-state index in [-0.39, 0.29) is 5.97 Å². The molecule has 114 valence electrons. The molecule has 0 amide bonds. The van der Waals surface area contributed by atoms with Crippen molar-refractivity contribution in [1.82, 2.24) is 4.90 Å². The Labute approximate surface area is 127 Å².